The maximum Gasteiger partial charge on any atom is 0.195 e. The van der Waals surface area contributed by atoms with Crippen molar-refractivity contribution in [3.05, 3.63) is 42.5 Å². The lowest BCUT2D eigenvalue weighted by atomic mass is 10.2. The number of sulfone groups is 1. The zero-order chi connectivity index (χ0) is 11.5. The van der Waals surface area contributed by atoms with Crippen LogP contribution in [-0.2, 0) is 9.84 Å². The second kappa shape index (κ2) is 4.81. The van der Waals surface area contributed by atoms with Crippen LogP contribution in [0.25, 0.3) is 0 Å². The van der Waals surface area contributed by atoms with Gasteiger partial charge in [-0.05, 0) is 25.5 Å². The van der Waals surface area contributed by atoms with Crippen LogP contribution >= 0.6 is 11.6 Å². The lowest BCUT2D eigenvalue weighted by molar-refractivity contribution is 0.592. The van der Waals surface area contributed by atoms with Gasteiger partial charge in [0.25, 0.3) is 0 Å². The molecule has 0 N–H and O–H groups in total. The van der Waals surface area contributed by atoms with E-state index in [0.717, 1.165) is 5.56 Å². The van der Waals surface area contributed by atoms with Gasteiger partial charge >= 0.3 is 0 Å². The van der Waals surface area contributed by atoms with E-state index in [0.29, 0.717) is 0 Å². The Labute approximate surface area is 95.5 Å². The van der Waals surface area contributed by atoms with E-state index in [9.17, 15) is 8.42 Å². The van der Waals surface area contributed by atoms with Crippen LogP contribution in [0.4, 0.5) is 0 Å². The highest BCUT2D eigenvalue weighted by atomic mass is 35.5. The molecule has 0 aliphatic heterocycles. The molecule has 0 radical (unpaired) electrons. The van der Waals surface area contributed by atoms with Crippen LogP contribution in [0.3, 0.4) is 0 Å². The molecule has 0 heterocycles. The molecule has 0 amide bonds. The Morgan fingerprint density at radius 3 is 2.40 bits per heavy atom. The second-order valence-corrected chi connectivity index (χ2v) is 6.21. The van der Waals surface area contributed by atoms with Crippen LogP contribution in [-0.4, -0.2) is 13.1 Å². The van der Waals surface area contributed by atoms with E-state index in [4.69, 9.17) is 11.6 Å². The third-order valence-electron chi connectivity index (χ3n) is 2.04. The van der Waals surface area contributed by atoms with Crippen LogP contribution in [0.2, 0.25) is 0 Å². The smallest absolute Gasteiger partial charge is 0.195 e. The second-order valence-electron chi connectivity index (χ2n) is 3.29. The molecular weight excluding hydrogens is 232 g/mol. The SMILES string of the molecule is C=CCC(Cl)S(=O)(=O)c1ccc(C)cc1. The molecule has 1 aromatic rings. The molecule has 1 aromatic carbocycles. The van der Waals surface area contributed by atoms with Gasteiger partial charge < -0.3 is 0 Å². The number of alkyl halides is 1. The molecule has 0 aromatic heterocycles. The summed E-state index contributed by atoms with van der Waals surface area (Å²) in [5.74, 6) is 0. The average molecular weight is 245 g/mol. The fraction of sp³-hybridized carbons (Fsp3) is 0.273. The maximum atomic E-state index is 11.9. The Bertz CT molecular complexity index is 434. The molecule has 4 heteroatoms. The van der Waals surface area contributed by atoms with Crippen molar-refractivity contribution in [2.75, 3.05) is 0 Å². The van der Waals surface area contributed by atoms with Gasteiger partial charge in [-0.25, -0.2) is 8.42 Å². The van der Waals surface area contributed by atoms with Gasteiger partial charge in [0.05, 0.1) is 4.90 Å². The van der Waals surface area contributed by atoms with E-state index in [1.54, 1.807) is 24.3 Å². The van der Waals surface area contributed by atoms with Crippen molar-refractivity contribution in [1.29, 1.82) is 0 Å². The van der Waals surface area contributed by atoms with Gasteiger partial charge in [0, 0.05) is 0 Å². The largest absolute Gasteiger partial charge is 0.222 e. The van der Waals surface area contributed by atoms with Gasteiger partial charge in [-0.3, -0.25) is 0 Å². The van der Waals surface area contributed by atoms with E-state index in [-0.39, 0.29) is 11.3 Å². The first-order chi connectivity index (χ1) is 6.98. The van der Waals surface area contributed by atoms with Gasteiger partial charge in [-0.2, -0.15) is 0 Å². The number of allylic oxidation sites excluding steroid dienone is 1. The Hall–Kier alpha value is -0.800. The quantitative estimate of drug-likeness (QED) is 0.603. The molecule has 0 saturated carbocycles. The summed E-state index contributed by atoms with van der Waals surface area (Å²) in [6.07, 6.45) is 1.75. The summed E-state index contributed by atoms with van der Waals surface area (Å²) in [5, 5.41) is 0. The summed E-state index contributed by atoms with van der Waals surface area (Å²) in [5.41, 5.74) is 1.02. The maximum absolute atomic E-state index is 11.9. The van der Waals surface area contributed by atoms with Crippen molar-refractivity contribution in [2.24, 2.45) is 0 Å². The molecule has 82 valence electrons. The molecule has 1 rings (SSSR count). The first kappa shape index (κ1) is 12.3. The van der Waals surface area contributed by atoms with E-state index >= 15 is 0 Å². The molecule has 0 bridgehead atoms. The van der Waals surface area contributed by atoms with E-state index in [1.807, 2.05) is 6.92 Å². The molecule has 0 aliphatic carbocycles. The van der Waals surface area contributed by atoms with Crippen molar-refractivity contribution < 1.29 is 8.42 Å². The normalized spacial score (nSPS) is 13.5. The van der Waals surface area contributed by atoms with E-state index < -0.39 is 14.5 Å². The third-order valence-corrected chi connectivity index (χ3v) is 4.72. The zero-order valence-corrected chi connectivity index (χ0v) is 10.1. The summed E-state index contributed by atoms with van der Waals surface area (Å²) in [4.78, 5) is 0.259. The predicted molar refractivity (Wildman–Crippen MR) is 62.8 cm³/mol. The number of hydrogen-bond acceptors (Lipinski definition) is 2. The fourth-order valence-electron chi connectivity index (χ4n) is 1.13. The van der Waals surface area contributed by atoms with E-state index in [1.165, 1.54) is 6.08 Å². The van der Waals surface area contributed by atoms with Crippen molar-refractivity contribution in [2.45, 2.75) is 22.9 Å². The Morgan fingerprint density at radius 1 is 1.40 bits per heavy atom. The van der Waals surface area contributed by atoms with Crippen molar-refractivity contribution in [1.82, 2.24) is 0 Å². The first-order valence-corrected chi connectivity index (χ1v) is 6.52. The highest BCUT2D eigenvalue weighted by Crippen LogP contribution is 2.21. The topological polar surface area (TPSA) is 34.1 Å². The standard InChI is InChI=1S/C11H13ClO2S/c1-3-4-11(12)15(13,14)10-7-5-9(2)6-8-10/h3,5-8,11H,1,4H2,2H3. The lowest BCUT2D eigenvalue weighted by Crippen LogP contribution is -2.14. The molecule has 1 unspecified atom stereocenters. The summed E-state index contributed by atoms with van der Waals surface area (Å²) < 4.78 is 22.8. The minimum Gasteiger partial charge on any atom is -0.222 e. The number of benzene rings is 1. The van der Waals surface area contributed by atoms with Crippen LogP contribution in [0.15, 0.2) is 41.8 Å². The number of aryl methyl sites for hydroxylation is 1. The number of rotatable bonds is 4. The molecule has 15 heavy (non-hydrogen) atoms. The molecule has 2 nitrogen and oxygen atoms in total. The van der Waals surface area contributed by atoms with Crippen LogP contribution in [0.1, 0.15) is 12.0 Å². The molecule has 0 saturated heterocycles. The summed E-state index contributed by atoms with van der Waals surface area (Å²) in [7, 11) is -3.42. The first-order valence-electron chi connectivity index (χ1n) is 4.54. The van der Waals surface area contributed by atoms with Gasteiger partial charge in [-0.1, -0.05) is 23.8 Å². The predicted octanol–water partition coefficient (Wildman–Crippen LogP) is 2.91. The third kappa shape index (κ3) is 2.83. The minimum atomic E-state index is -3.42. The van der Waals surface area contributed by atoms with Crippen LogP contribution in [0, 0.1) is 6.92 Å². The van der Waals surface area contributed by atoms with Crippen LogP contribution in [0.5, 0.6) is 0 Å². The highest BCUT2D eigenvalue weighted by molar-refractivity contribution is 7.93. The van der Waals surface area contributed by atoms with E-state index in [2.05, 4.69) is 6.58 Å². The molecule has 1 atom stereocenters. The monoisotopic (exact) mass is 244 g/mol. The molecule has 0 aliphatic rings. The van der Waals surface area contributed by atoms with Crippen molar-refractivity contribution in [3.8, 4) is 0 Å². The Morgan fingerprint density at radius 2 is 1.93 bits per heavy atom. The van der Waals surface area contributed by atoms with Gasteiger partial charge in [-0.15, -0.1) is 18.2 Å². The summed E-state index contributed by atoms with van der Waals surface area (Å²) in [6, 6.07) is 6.65. The van der Waals surface area contributed by atoms with Crippen molar-refractivity contribution in [3.63, 3.8) is 0 Å². The van der Waals surface area contributed by atoms with Crippen molar-refractivity contribution >= 4 is 21.4 Å². The van der Waals surface area contributed by atoms with Gasteiger partial charge in [0.1, 0.15) is 4.71 Å². The van der Waals surface area contributed by atoms with Gasteiger partial charge in [0.15, 0.2) is 9.84 Å². The minimum absolute atomic E-state index is 0.248. The summed E-state index contributed by atoms with van der Waals surface area (Å²) in [6.45, 7) is 5.37. The van der Waals surface area contributed by atoms with Gasteiger partial charge in [0.2, 0.25) is 0 Å². The van der Waals surface area contributed by atoms with Crippen LogP contribution < -0.4 is 0 Å². The lowest BCUT2D eigenvalue weighted by Gasteiger charge is -2.08. The number of halogens is 1. The molecular formula is C11H13ClO2S. The summed E-state index contributed by atoms with van der Waals surface area (Å²) >= 11 is 5.79. The number of hydrogen-bond donors (Lipinski definition) is 0. The molecule has 0 spiro atoms. The fourth-order valence-corrected chi connectivity index (χ4v) is 2.77. The highest BCUT2D eigenvalue weighted by Gasteiger charge is 2.23. The average Bonchev–Trinajstić information content (AvgIpc) is 2.18. The Balaban J connectivity index is 3.06. The Kier molecular flexibility index (Phi) is 3.94. The molecule has 0 fully saturated rings. The zero-order valence-electron chi connectivity index (χ0n) is 8.48.